The number of benzene rings is 2. The van der Waals surface area contributed by atoms with E-state index in [1.807, 2.05) is 24.3 Å². The maximum absolute atomic E-state index is 12.9. The maximum Gasteiger partial charge on any atom is 0.276 e. The van der Waals surface area contributed by atoms with Crippen LogP contribution in [0.25, 0.3) is 0 Å². The van der Waals surface area contributed by atoms with E-state index in [2.05, 4.69) is 31.8 Å². The first-order valence-electron chi connectivity index (χ1n) is 8.58. The number of hydrazone groups is 1. The third-order valence-corrected chi connectivity index (χ3v) is 5.69. The fraction of sp³-hybridized carbons (Fsp3) is 0.105. The Kier molecular flexibility index (Phi) is 5.54. The monoisotopic (exact) mass is 475 g/mol. The molecule has 1 atom stereocenters. The third-order valence-electron chi connectivity index (χ3n) is 4.19. The molecule has 0 fully saturated rings. The van der Waals surface area contributed by atoms with Crippen molar-refractivity contribution in [2.45, 2.75) is 6.17 Å². The molecule has 10 heteroatoms. The second-order valence-electron chi connectivity index (χ2n) is 6.16. The van der Waals surface area contributed by atoms with Gasteiger partial charge in [0.25, 0.3) is 5.91 Å². The van der Waals surface area contributed by atoms with Crippen molar-refractivity contribution in [2.24, 2.45) is 5.10 Å². The van der Waals surface area contributed by atoms with E-state index in [0.29, 0.717) is 10.9 Å². The molecule has 0 bridgehead atoms. The number of halogens is 2. The van der Waals surface area contributed by atoms with Crippen molar-refractivity contribution in [2.75, 3.05) is 16.0 Å². The highest BCUT2D eigenvalue weighted by atomic mass is 79.9. The highest BCUT2D eigenvalue weighted by molar-refractivity contribution is 9.10. The SMILES string of the molecule is O=C(CSC1=NNC2C(=O)N(c3ccc(Br)cc3)C=CN12)Nc1ccc(F)cc1. The summed E-state index contributed by atoms with van der Waals surface area (Å²) in [6.45, 7) is 0. The Balaban J connectivity index is 1.37. The minimum absolute atomic E-state index is 0.0968. The van der Waals surface area contributed by atoms with Crippen LogP contribution in [0.4, 0.5) is 15.8 Å². The molecule has 2 heterocycles. The molecule has 1 unspecified atom stereocenters. The molecular weight excluding hydrogens is 461 g/mol. The van der Waals surface area contributed by atoms with E-state index in [9.17, 15) is 14.0 Å². The third kappa shape index (κ3) is 4.28. The Labute approximate surface area is 178 Å². The molecule has 7 nitrogen and oxygen atoms in total. The van der Waals surface area contributed by atoms with E-state index < -0.39 is 6.17 Å². The molecule has 29 heavy (non-hydrogen) atoms. The van der Waals surface area contributed by atoms with Gasteiger partial charge in [-0.2, -0.15) is 5.10 Å². The minimum atomic E-state index is -0.661. The summed E-state index contributed by atoms with van der Waals surface area (Å²) >= 11 is 4.58. The number of nitrogens with zero attached hydrogens (tertiary/aromatic N) is 3. The fourth-order valence-corrected chi connectivity index (χ4v) is 3.83. The predicted molar refractivity (Wildman–Crippen MR) is 114 cm³/mol. The minimum Gasteiger partial charge on any atom is -0.325 e. The van der Waals surface area contributed by atoms with Crippen LogP contribution in [0.5, 0.6) is 0 Å². The molecule has 2 aromatic rings. The van der Waals surface area contributed by atoms with Crippen LogP contribution >= 0.6 is 27.7 Å². The molecule has 148 valence electrons. The molecule has 2 N–H and O–H groups in total. The lowest BCUT2D eigenvalue weighted by Crippen LogP contribution is -2.52. The van der Waals surface area contributed by atoms with Gasteiger partial charge in [-0.25, -0.2) is 4.39 Å². The van der Waals surface area contributed by atoms with E-state index >= 15 is 0 Å². The number of thioether (sulfide) groups is 1. The molecule has 0 aromatic heterocycles. The molecule has 0 aliphatic carbocycles. The van der Waals surface area contributed by atoms with Crippen LogP contribution in [-0.2, 0) is 9.59 Å². The van der Waals surface area contributed by atoms with Crippen molar-refractivity contribution in [1.29, 1.82) is 0 Å². The lowest BCUT2D eigenvalue weighted by atomic mass is 10.2. The number of anilines is 2. The lowest BCUT2D eigenvalue weighted by molar-refractivity contribution is -0.122. The van der Waals surface area contributed by atoms with Gasteiger partial charge in [-0.05, 0) is 48.5 Å². The molecule has 2 amide bonds. The average Bonchev–Trinajstić information content (AvgIpc) is 3.13. The number of nitrogens with one attached hydrogen (secondary N) is 2. The first-order chi connectivity index (χ1) is 14.0. The van der Waals surface area contributed by atoms with Crippen molar-refractivity contribution in [3.8, 4) is 0 Å². The Bertz CT molecular complexity index is 997. The molecule has 2 aromatic carbocycles. The summed E-state index contributed by atoms with van der Waals surface area (Å²) in [6, 6.07) is 12.9. The number of carbonyl (C=O) groups excluding carboxylic acids is 2. The first kappa shape index (κ1) is 19.5. The van der Waals surface area contributed by atoms with Crippen LogP contribution in [0.3, 0.4) is 0 Å². The van der Waals surface area contributed by atoms with Crippen molar-refractivity contribution in [1.82, 2.24) is 10.3 Å². The zero-order chi connectivity index (χ0) is 20.4. The van der Waals surface area contributed by atoms with Crippen LogP contribution in [0, 0.1) is 5.82 Å². The number of hydrogen-bond acceptors (Lipinski definition) is 6. The molecule has 2 aliphatic rings. The standard InChI is InChI=1S/C19H15BrFN5O2S/c20-12-1-7-15(8-2-12)25-9-10-26-17(18(25)28)23-24-19(26)29-11-16(27)22-14-5-3-13(21)4-6-14/h1-10,17,23H,11H2,(H,22,27). The summed E-state index contributed by atoms with van der Waals surface area (Å²) in [5, 5.41) is 7.39. The van der Waals surface area contributed by atoms with Gasteiger partial charge in [0.2, 0.25) is 12.1 Å². The molecule has 0 saturated heterocycles. The lowest BCUT2D eigenvalue weighted by Gasteiger charge is -2.31. The Hall–Kier alpha value is -2.85. The van der Waals surface area contributed by atoms with Gasteiger partial charge >= 0.3 is 0 Å². The van der Waals surface area contributed by atoms with E-state index in [4.69, 9.17) is 0 Å². The highest BCUT2D eigenvalue weighted by Crippen LogP contribution is 2.26. The zero-order valence-corrected chi connectivity index (χ0v) is 17.3. The highest BCUT2D eigenvalue weighted by Gasteiger charge is 2.38. The van der Waals surface area contributed by atoms with Crippen molar-refractivity contribution < 1.29 is 14.0 Å². The summed E-state index contributed by atoms with van der Waals surface area (Å²) in [4.78, 5) is 28.2. The topological polar surface area (TPSA) is 77.0 Å². The number of fused-ring (bicyclic) bond motifs is 1. The van der Waals surface area contributed by atoms with Gasteiger partial charge in [-0.3, -0.25) is 24.8 Å². The normalized spacial score (nSPS) is 17.7. The Morgan fingerprint density at radius 1 is 1.17 bits per heavy atom. The van der Waals surface area contributed by atoms with Gasteiger partial charge in [-0.15, -0.1) is 0 Å². The van der Waals surface area contributed by atoms with Crippen LogP contribution in [0.2, 0.25) is 0 Å². The summed E-state index contributed by atoms with van der Waals surface area (Å²) < 4.78 is 13.9. The van der Waals surface area contributed by atoms with Crippen LogP contribution in [0.1, 0.15) is 0 Å². The molecule has 4 rings (SSSR count). The molecule has 0 spiro atoms. The van der Waals surface area contributed by atoms with Crippen LogP contribution in [-0.4, -0.2) is 33.8 Å². The van der Waals surface area contributed by atoms with Gasteiger partial charge in [-0.1, -0.05) is 27.7 Å². The average molecular weight is 476 g/mol. The summed E-state index contributed by atoms with van der Waals surface area (Å²) in [5.74, 6) is -0.699. The first-order valence-corrected chi connectivity index (χ1v) is 10.4. The number of amides is 2. The number of hydrogen-bond donors (Lipinski definition) is 2. The second kappa shape index (κ2) is 8.26. The second-order valence-corrected chi connectivity index (χ2v) is 8.02. The fourth-order valence-electron chi connectivity index (χ4n) is 2.80. The molecule has 0 saturated carbocycles. The van der Waals surface area contributed by atoms with Gasteiger partial charge in [0.1, 0.15) is 5.82 Å². The quantitative estimate of drug-likeness (QED) is 0.709. The van der Waals surface area contributed by atoms with E-state index in [-0.39, 0.29) is 23.4 Å². The van der Waals surface area contributed by atoms with Crippen molar-refractivity contribution >= 4 is 56.0 Å². The predicted octanol–water partition coefficient (Wildman–Crippen LogP) is 3.28. The van der Waals surface area contributed by atoms with Gasteiger partial charge < -0.3 is 5.32 Å². The smallest absolute Gasteiger partial charge is 0.276 e. The largest absolute Gasteiger partial charge is 0.325 e. The molecular formula is C19H15BrFN5O2S. The summed E-state index contributed by atoms with van der Waals surface area (Å²) in [7, 11) is 0. The van der Waals surface area contributed by atoms with Gasteiger partial charge in [0.15, 0.2) is 5.17 Å². The summed E-state index contributed by atoms with van der Waals surface area (Å²) in [6.07, 6.45) is 2.76. The Morgan fingerprint density at radius 3 is 2.62 bits per heavy atom. The zero-order valence-electron chi connectivity index (χ0n) is 14.9. The Morgan fingerprint density at radius 2 is 1.90 bits per heavy atom. The number of rotatable bonds is 4. The summed E-state index contributed by atoms with van der Waals surface area (Å²) in [5.41, 5.74) is 4.08. The molecule has 0 radical (unpaired) electrons. The number of amidine groups is 1. The van der Waals surface area contributed by atoms with E-state index in [1.54, 1.807) is 22.2 Å². The number of carbonyl (C=O) groups is 2. The van der Waals surface area contributed by atoms with E-state index in [1.165, 1.54) is 36.0 Å². The molecule has 2 aliphatic heterocycles. The maximum atomic E-state index is 12.9. The van der Waals surface area contributed by atoms with Crippen LogP contribution in [0.15, 0.2) is 70.5 Å². The van der Waals surface area contributed by atoms with Crippen molar-refractivity contribution in [3.05, 3.63) is 71.2 Å². The van der Waals surface area contributed by atoms with Gasteiger partial charge in [0.05, 0.1) is 5.75 Å². The van der Waals surface area contributed by atoms with Gasteiger partial charge in [0, 0.05) is 28.2 Å². The van der Waals surface area contributed by atoms with E-state index in [0.717, 1.165) is 10.2 Å². The van der Waals surface area contributed by atoms with Crippen LogP contribution < -0.4 is 15.6 Å². The van der Waals surface area contributed by atoms with Crippen molar-refractivity contribution in [3.63, 3.8) is 0 Å².